The normalized spacial score (nSPS) is 28.5. The smallest absolute Gasteiger partial charge is 0.226 e. The zero-order valence-electron chi connectivity index (χ0n) is 12.0. The van der Waals surface area contributed by atoms with Crippen molar-refractivity contribution in [3.05, 3.63) is 0 Å². The fourth-order valence-electron chi connectivity index (χ4n) is 2.83. The molecule has 0 aromatic carbocycles. The van der Waals surface area contributed by atoms with Crippen molar-refractivity contribution in [1.29, 1.82) is 0 Å². The maximum atomic E-state index is 12.3. The lowest BCUT2D eigenvalue weighted by Gasteiger charge is -2.36. The summed E-state index contributed by atoms with van der Waals surface area (Å²) in [6, 6.07) is 0. The highest BCUT2D eigenvalue weighted by Crippen LogP contribution is 2.21. The first-order valence-electron chi connectivity index (χ1n) is 7.31. The Balaban J connectivity index is 1.80. The van der Waals surface area contributed by atoms with E-state index in [1.165, 1.54) is 0 Å². The van der Waals surface area contributed by atoms with Gasteiger partial charge < -0.3 is 10.0 Å². The minimum absolute atomic E-state index is 0.0123. The second-order valence-corrected chi connectivity index (χ2v) is 8.02. The second kappa shape index (κ2) is 6.41. The Morgan fingerprint density at radius 3 is 2.45 bits per heavy atom. The summed E-state index contributed by atoms with van der Waals surface area (Å²) in [7, 11) is -3.00. The van der Waals surface area contributed by atoms with Gasteiger partial charge in [-0.3, -0.25) is 9.69 Å². The number of rotatable bonds is 4. The third kappa shape index (κ3) is 3.93. The molecule has 2 heterocycles. The summed E-state index contributed by atoms with van der Waals surface area (Å²) in [5.41, 5.74) is 0. The molecule has 1 N–H and O–H groups in total. The predicted octanol–water partition coefficient (Wildman–Crippen LogP) is -0.664. The topological polar surface area (TPSA) is 77.9 Å². The molecule has 116 valence electrons. The van der Waals surface area contributed by atoms with Crippen LogP contribution in [0.15, 0.2) is 0 Å². The van der Waals surface area contributed by atoms with Crippen LogP contribution in [0.2, 0.25) is 0 Å². The van der Waals surface area contributed by atoms with Crippen molar-refractivity contribution in [1.82, 2.24) is 9.80 Å². The minimum atomic E-state index is -3.00. The number of hydrogen-bond acceptors (Lipinski definition) is 5. The summed E-state index contributed by atoms with van der Waals surface area (Å²) < 4.78 is 22.9. The monoisotopic (exact) mass is 304 g/mol. The molecule has 1 amide bonds. The van der Waals surface area contributed by atoms with Gasteiger partial charge in [-0.15, -0.1) is 0 Å². The van der Waals surface area contributed by atoms with Gasteiger partial charge in [0.25, 0.3) is 0 Å². The average Bonchev–Trinajstić information content (AvgIpc) is 2.79. The van der Waals surface area contributed by atoms with Crippen molar-refractivity contribution in [2.75, 3.05) is 44.2 Å². The molecule has 2 aliphatic heterocycles. The lowest BCUT2D eigenvalue weighted by atomic mass is 10.1. The molecule has 2 aliphatic rings. The lowest BCUT2D eigenvalue weighted by Crippen LogP contribution is -2.51. The van der Waals surface area contributed by atoms with Crippen LogP contribution in [-0.4, -0.2) is 79.6 Å². The molecular weight excluding hydrogens is 280 g/mol. The van der Waals surface area contributed by atoms with Crippen LogP contribution in [0.1, 0.15) is 19.8 Å². The first-order chi connectivity index (χ1) is 9.41. The first-order valence-corrected chi connectivity index (χ1v) is 9.13. The molecule has 2 atom stereocenters. The van der Waals surface area contributed by atoms with E-state index in [0.717, 1.165) is 19.5 Å². The zero-order chi connectivity index (χ0) is 14.8. The molecule has 0 saturated carbocycles. The van der Waals surface area contributed by atoms with Gasteiger partial charge in [0.05, 0.1) is 23.5 Å². The molecule has 0 bridgehead atoms. The highest BCUT2D eigenvalue weighted by molar-refractivity contribution is 7.91. The molecule has 7 heteroatoms. The van der Waals surface area contributed by atoms with Crippen LogP contribution < -0.4 is 0 Å². The van der Waals surface area contributed by atoms with Gasteiger partial charge in [0.2, 0.25) is 5.91 Å². The van der Waals surface area contributed by atoms with Crippen LogP contribution in [0.5, 0.6) is 0 Å². The maximum absolute atomic E-state index is 12.3. The van der Waals surface area contributed by atoms with Gasteiger partial charge in [0.1, 0.15) is 0 Å². The van der Waals surface area contributed by atoms with Gasteiger partial charge in [-0.1, -0.05) is 6.92 Å². The van der Waals surface area contributed by atoms with E-state index in [2.05, 4.69) is 4.90 Å². The first kappa shape index (κ1) is 15.7. The SMILES string of the molecule is CC[C@H](O)CN1CCN(C(=O)[C@H]2CCS(=O)(=O)C2)CC1. The Morgan fingerprint density at radius 2 is 1.95 bits per heavy atom. The molecule has 0 aliphatic carbocycles. The molecule has 0 aromatic heterocycles. The van der Waals surface area contributed by atoms with Gasteiger partial charge in [0.15, 0.2) is 9.84 Å². The Hall–Kier alpha value is -0.660. The number of nitrogens with zero attached hydrogens (tertiary/aromatic N) is 2. The predicted molar refractivity (Wildman–Crippen MR) is 76.1 cm³/mol. The van der Waals surface area contributed by atoms with Crippen molar-refractivity contribution in [2.45, 2.75) is 25.9 Å². The van der Waals surface area contributed by atoms with E-state index < -0.39 is 9.84 Å². The van der Waals surface area contributed by atoms with Gasteiger partial charge in [0, 0.05) is 32.7 Å². The number of hydrogen-bond donors (Lipinski definition) is 1. The Kier molecular flexibility index (Phi) is 5.04. The summed E-state index contributed by atoms with van der Waals surface area (Å²) in [6.07, 6.45) is 0.895. The number of carbonyl (C=O) groups is 1. The fourth-order valence-corrected chi connectivity index (χ4v) is 4.56. The average molecular weight is 304 g/mol. The molecule has 0 spiro atoms. The zero-order valence-corrected chi connectivity index (χ0v) is 12.8. The third-order valence-electron chi connectivity index (χ3n) is 4.21. The van der Waals surface area contributed by atoms with Crippen LogP contribution >= 0.6 is 0 Å². The largest absolute Gasteiger partial charge is 0.392 e. The minimum Gasteiger partial charge on any atom is -0.392 e. The number of amides is 1. The van der Waals surface area contributed by atoms with Gasteiger partial charge in [-0.2, -0.15) is 0 Å². The molecule has 20 heavy (non-hydrogen) atoms. The highest BCUT2D eigenvalue weighted by Gasteiger charge is 2.36. The van der Waals surface area contributed by atoms with Crippen molar-refractivity contribution < 1.29 is 18.3 Å². The number of carbonyl (C=O) groups excluding carboxylic acids is 1. The molecular formula is C13H24N2O4S. The Labute approximate surface area is 120 Å². The number of sulfone groups is 1. The molecule has 2 fully saturated rings. The molecule has 0 aromatic rings. The van der Waals surface area contributed by atoms with Crippen LogP contribution in [0.3, 0.4) is 0 Å². The summed E-state index contributed by atoms with van der Waals surface area (Å²) in [6.45, 7) is 5.36. The summed E-state index contributed by atoms with van der Waals surface area (Å²) >= 11 is 0. The standard InChI is InChI=1S/C13H24N2O4S/c1-2-12(16)9-14-4-6-15(7-5-14)13(17)11-3-8-20(18,19)10-11/h11-12,16H,2-10H2,1H3/t11-,12-/m0/s1. The molecule has 2 saturated heterocycles. The van der Waals surface area contributed by atoms with Gasteiger partial charge in [-0.25, -0.2) is 8.42 Å². The third-order valence-corrected chi connectivity index (χ3v) is 5.97. The Morgan fingerprint density at radius 1 is 1.30 bits per heavy atom. The quantitative estimate of drug-likeness (QED) is 0.746. The Bertz CT molecular complexity index is 443. The summed E-state index contributed by atoms with van der Waals surface area (Å²) in [4.78, 5) is 16.2. The molecule has 2 rings (SSSR count). The van der Waals surface area contributed by atoms with Crippen LogP contribution in [0, 0.1) is 5.92 Å². The van der Waals surface area contributed by atoms with Crippen LogP contribution in [0.25, 0.3) is 0 Å². The van der Waals surface area contributed by atoms with Crippen molar-refractivity contribution >= 4 is 15.7 Å². The molecule has 0 radical (unpaired) electrons. The van der Waals surface area contributed by atoms with E-state index in [1.807, 2.05) is 6.92 Å². The van der Waals surface area contributed by atoms with Crippen molar-refractivity contribution in [3.63, 3.8) is 0 Å². The number of piperazine rings is 1. The van der Waals surface area contributed by atoms with E-state index in [4.69, 9.17) is 0 Å². The summed E-state index contributed by atoms with van der Waals surface area (Å²) in [5.74, 6) is -0.193. The van der Waals surface area contributed by atoms with E-state index in [1.54, 1.807) is 4.90 Å². The van der Waals surface area contributed by atoms with Gasteiger partial charge in [-0.05, 0) is 12.8 Å². The van der Waals surface area contributed by atoms with E-state index >= 15 is 0 Å². The van der Waals surface area contributed by atoms with Gasteiger partial charge >= 0.3 is 0 Å². The van der Waals surface area contributed by atoms with Crippen molar-refractivity contribution in [3.8, 4) is 0 Å². The molecule has 6 nitrogen and oxygen atoms in total. The lowest BCUT2D eigenvalue weighted by molar-refractivity contribution is -0.136. The van der Waals surface area contributed by atoms with E-state index in [-0.39, 0.29) is 29.4 Å². The fraction of sp³-hybridized carbons (Fsp3) is 0.923. The molecule has 0 unspecified atom stereocenters. The number of aliphatic hydroxyl groups is 1. The van der Waals surface area contributed by atoms with Crippen LogP contribution in [0.4, 0.5) is 0 Å². The second-order valence-electron chi connectivity index (χ2n) is 5.79. The van der Waals surface area contributed by atoms with Crippen LogP contribution in [-0.2, 0) is 14.6 Å². The maximum Gasteiger partial charge on any atom is 0.226 e. The number of β-amino-alcohol motifs (C(OH)–C–C–N with tert-alkyl or cyclic N) is 1. The summed E-state index contributed by atoms with van der Waals surface area (Å²) in [5, 5.41) is 9.63. The highest BCUT2D eigenvalue weighted by atomic mass is 32.2. The number of aliphatic hydroxyl groups excluding tert-OH is 1. The van der Waals surface area contributed by atoms with E-state index in [9.17, 15) is 18.3 Å². The van der Waals surface area contributed by atoms with Crippen molar-refractivity contribution in [2.24, 2.45) is 5.92 Å². The van der Waals surface area contributed by atoms with E-state index in [0.29, 0.717) is 26.1 Å².